The Morgan fingerprint density at radius 2 is 1.82 bits per heavy atom. The van der Waals surface area contributed by atoms with Crippen molar-refractivity contribution in [3.63, 3.8) is 0 Å². The highest BCUT2D eigenvalue weighted by Crippen LogP contribution is 2.37. The first-order chi connectivity index (χ1) is 15.9. The molecule has 0 spiro atoms. The van der Waals surface area contributed by atoms with Crippen LogP contribution < -0.4 is 10.6 Å². The molecule has 2 aromatic rings. The number of benzene rings is 2. The van der Waals surface area contributed by atoms with Gasteiger partial charge in [0.05, 0.1) is 17.0 Å². The molecule has 0 aromatic heterocycles. The molecule has 8 nitrogen and oxygen atoms in total. The number of carbonyl (C=O) groups is 5. The number of hydrogen-bond acceptors (Lipinski definition) is 6. The third-order valence-electron chi connectivity index (χ3n) is 6.25. The third kappa shape index (κ3) is 3.82. The van der Waals surface area contributed by atoms with Gasteiger partial charge in [-0.3, -0.25) is 34.2 Å². The lowest BCUT2D eigenvalue weighted by molar-refractivity contribution is -0.136. The van der Waals surface area contributed by atoms with Crippen molar-refractivity contribution in [2.75, 3.05) is 5.75 Å². The molecule has 0 saturated carbocycles. The number of hydrogen-bond donors (Lipinski definition) is 2. The fourth-order valence-corrected chi connectivity index (χ4v) is 5.68. The molecule has 2 atom stereocenters. The van der Waals surface area contributed by atoms with Gasteiger partial charge in [-0.1, -0.05) is 24.3 Å². The van der Waals surface area contributed by atoms with Crippen molar-refractivity contribution in [1.82, 2.24) is 15.5 Å². The molecule has 5 amide bonds. The summed E-state index contributed by atoms with van der Waals surface area (Å²) in [4.78, 5) is 64.3. The van der Waals surface area contributed by atoms with Gasteiger partial charge < -0.3 is 5.32 Å². The van der Waals surface area contributed by atoms with E-state index in [9.17, 15) is 24.0 Å². The first-order valence-corrected chi connectivity index (χ1v) is 11.8. The molecule has 3 aliphatic heterocycles. The molecule has 5 rings (SSSR count). The zero-order valence-corrected chi connectivity index (χ0v) is 18.4. The van der Waals surface area contributed by atoms with E-state index >= 15 is 0 Å². The molecule has 168 valence electrons. The summed E-state index contributed by atoms with van der Waals surface area (Å²) in [7, 11) is 0. The van der Waals surface area contributed by atoms with Gasteiger partial charge in [-0.2, -0.15) is 0 Å². The minimum atomic E-state index is -0.998. The van der Waals surface area contributed by atoms with Gasteiger partial charge in [0.2, 0.25) is 17.7 Å². The largest absolute Gasteiger partial charge is 0.351 e. The van der Waals surface area contributed by atoms with Crippen LogP contribution in [0.3, 0.4) is 0 Å². The predicted octanol–water partition coefficient (Wildman–Crippen LogP) is 1.98. The molecule has 0 aliphatic carbocycles. The molecule has 1 saturated heterocycles. The molecule has 9 heteroatoms. The number of piperidine rings is 1. The second-order valence-electron chi connectivity index (χ2n) is 8.27. The van der Waals surface area contributed by atoms with E-state index < -0.39 is 29.7 Å². The Balaban J connectivity index is 1.30. The van der Waals surface area contributed by atoms with Crippen LogP contribution in [0, 0.1) is 0 Å². The Kier molecular flexibility index (Phi) is 5.49. The minimum absolute atomic E-state index is 0.0733. The average Bonchev–Trinajstić information content (AvgIpc) is 3.06. The van der Waals surface area contributed by atoms with Crippen LogP contribution in [0.5, 0.6) is 0 Å². The average molecular weight is 464 g/mol. The first-order valence-electron chi connectivity index (χ1n) is 10.8. The number of fused-ring (bicyclic) bond motifs is 2. The van der Waals surface area contributed by atoms with E-state index in [1.54, 1.807) is 30.0 Å². The van der Waals surface area contributed by atoms with Crippen LogP contribution in [0.15, 0.2) is 47.4 Å². The summed E-state index contributed by atoms with van der Waals surface area (Å²) >= 11 is 1.75. The van der Waals surface area contributed by atoms with Crippen LogP contribution in [0.1, 0.15) is 57.0 Å². The molecule has 33 heavy (non-hydrogen) atoms. The number of rotatable bonds is 4. The quantitative estimate of drug-likeness (QED) is 0.671. The number of amides is 5. The van der Waals surface area contributed by atoms with Crippen molar-refractivity contribution in [2.45, 2.75) is 42.7 Å². The van der Waals surface area contributed by atoms with Gasteiger partial charge in [-0.05, 0) is 47.9 Å². The molecular weight excluding hydrogens is 442 g/mol. The number of imide groups is 2. The molecular formula is C24H21N3O5S. The third-order valence-corrected chi connectivity index (χ3v) is 7.37. The van der Waals surface area contributed by atoms with Crippen molar-refractivity contribution in [3.8, 4) is 0 Å². The van der Waals surface area contributed by atoms with Crippen LogP contribution in [0.2, 0.25) is 0 Å². The lowest BCUT2D eigenvalue weighted by atomic mass is 9.95. The minimum Gasteiger partial charge on any atom is -0.351 e. The first kappa shape index (κ1) is 21.4. The fourth-order valence-electron chi connectivity index (χ4n) is 4.55. The maximum atomic E-state index is 13.0. The normalized spacial score (nSPS) is 22.0. The van der Waals surface area contributed by atoms with Crippen molar-refractivity contribution in [1.29, 1.82) is 0 Å². The van der Waals surface area contributed by atoms with E-state index in [1.165, 1.54) is 0 Å². The van der Waals surface area contributed by atoms with Gasteiger partial charge in [0.15, 0.2) is 0 Å². The number of nitrogens with zero attached hydrogens (tertiary/aromatic N) is 1. The van der Waals surface area contributed by atoms with Gasteiger partial charge in [0.25, 0.3) is 11.8 Å². The highest BCUT2D eigenvalue weighted by Gasteiger charge is 2.44. The monoisotopic (exact) mass is 463 g/mol. The zero-order chi connectivity index (χ0) is 23.1. The van der Waals surface area contributed by atoms with Crippen molar-refractivity contribution in [3.05, 3.63) is 64.7 Å². The van der Waals surface area contributed by atoms with E-state index in [-0.39, 0.29) is 42.3 Å². The SMILES string of the molecule is O=C1CCC(N2C(=O)c3ccc(CNC(=O)C4CCSc5ccccc54)cc3C2=O)C(=O)N1. The second-order valence-corrected chi connectivity index (χ2v) is 9.41. The number of nitrogens with one attached hydrogen (secondary N) is 2. The van der Waals surface area contributed by atoms with Gasteiger partial charge in [-0.15, -0.1) is 11.8 Å². The summed E-state index contributed by atoms with van der Waals surface area (Å²) in [5.74, 6) is -1.57. The van der Waals surface area contributed by atoms with E-state index in [2.05, 4.69) is 10.6 Å². The summed E-state index contributed by atoms with van der Waals surface area (Å²) in [5, 5.41) is 5.14. The summed E-state index contributed by atoms with van der Waals surface area (Å²) < 4.78 is 0. The Morgan fingerprint density at radius 3 is 2.64 bits per heavy atom. The predicted molar refractivity (Wildman–Crippen MR) is 119 cm³/mol. The lowest BCUT2D eigenvalue weighted by Crippen LogP contribution is -2.54. The van der Waals surface area contributed by atoms with E-state index in [0.29, 0.717) is 5.56 Å². The standard InChI is InChI=1S/C24H21N3O5S/c28-20-8-7-18(22(30)26-20)27-23(31)16-6-5-13(11-17(16)24(27)32)12-25-21(29)15-9-10-33-19-4-2-1-3-14(15)19/h1-6,11,15,18H,7-10,12H2,(H,25,29)(H,26,28,30). The smallest absolute Gasteiger partial charge is 0.262 e. The second kappa shape index (κ2) is 8.47. The summed E-state index contributed by atoms with van der Waals surface area (Å²) in [6.07, 6.45) is 0.940. The van der Waals surface area contributed by atoms with Gasteiger partial charge in [0.1, 0.15) is 6.04 Å². The summed E-state index contributed by atoms with van der Waals surface area (Å²) in [6.45, 7) is 0.220. The van der Waals surface area contributed by atoms with Crippen LogP contribution in [-0.4, -0.2) is 46.2 Å². The summed E-state index contributed by atoms with van der Waals surface area (Å²) in [5.41, 5.74) is 2.14. The molecule has 0 radical (unpaired) electrons. The molecule has 0 bridgehead atoms. The molecule has 2 unspecified atom stereocenters. The highest BCUT2D eigenvalue weighted by atomic mass is 32.2. The highest BCUT2D eigenvalue weighted by molar-refractivity contribution is 7.99. The van der Waals surface area contributed by atoms with Crippen molar-refractivity contribution >= 4 is 41.3 Å². The molecule has 3 aliphatic rings. The maximum Gasteiger partial charge on any atom is 0.262 e. The van der Waals surface area contributed by atoms with Gasteiger partial charge in [0, 0.05) is 17.9 Å². The Bertz CT molecular complexity index is 1210. The van der Waals surface area contributed by atoms with Crippen LogP contribution in [-0.2, 0) is 20.9 Å². The van der Waals surface area contributed by atoms with Gasteiger partial charge >= 0.3 is 0 Å². The van der Waals surface area contributed by atoms with Crippen LogP contribution in [0.4, 0.5) is 0 Å². The van der Waals surface area contributed by atoms with Crippen molar-refractivity contribution < 1.29 is 24.0 Å². The van der Waals surface area contributed by atoms with Crippen LogP contribution >= 0.6 is 11.8 Å². The van der Waals surface area contributed by atoms with Gasteiger partial charge in [-0.25, -0.2) is 0 Å². The lowest BCUT2D eigenvalue weighted by Gasteiger charge is -2.27. The maximum absolute atomic E-state index is 13.0. The van der Waals surface area contributed by atoms with Crippen molar-refractivity contribution in [2.24, 2.45) is 0 Å². The molecule has 3 heterocycles. The molecule has 1 fully saturated rings. The summed E-state index contributed by atoms with van der Waals surface area (Å²) in [6, 6.07) is 11.7. The number of thioether (sulfide) groups is 1. The number of carbonyl (C=O) groups excluding carboxylic acids is 5. The Hall–Kier alpha value is -3.46. The fraction of sp³-hybridized carbons (Fsp3) is 0.292. The van der Waals surface area contributed by atoms with E-state index in [4.69, 9.17) is 0 Å². The zero-order valence-electron chi connectivity index (χ0n) is 17.6. The molecule has 2 N–H and O–H groups in total. The van der Waals surface area contributed by atoms with E-state index in [0.717, 1.165) is 27.5 Å². The van der Waals surface area contributed by atoms with Crippen LogP contribution in [0.25, 0.3) is 0 Å². The Morgan fingerprint density at radius 1 is 1.03 bits per heavy atom. The Labute approximate surface area is 194 Å². The topological polar surface area (TPSA) is 113 Å². The molecule has 2 aromatic carbocycles. The van der Waals surface area contributed by atoms with E-state index in [1.807, 2.05) is 24.3 Å².